The summed E-state index contributed by atoms with van der Waals surface area (Å²) in [5, 5.41) is 0. The third kappa shape index (κ3) is 2.94. The van der Waals surface area contributed by atoms with Crippen molar-refractivity contribution in [2.24, 2.45) is 11.7 Å². The summed E-state index contributed by atoms with van der Waals surface area (Å²) in [4.78, 5) is 2.51. The van der Waals surface area contributed by atoms with Crippen molar-refractivity contribution in [3.63, 3.8) is 0 Å². The van der Waals surface area contributed by atoms with Gasteiger partial charge in [0.25, 0.3) is 0 Å². The van der Waals surface area contributed by atoms with Gasteiger partial charge in [-0.25, -0.2) is 0 Å². The molecule has 2 unspecified atom stereocenters. The number of rotatable bonds is 7. The van der Waals surface area contributed by atoms with Gasteiger partial charge < -0.3 is 10.5 Å². The topological polar surface area (TPSA) is 38.5 Å². The van der Waals surface area contributed by atoms with Gasteiger partial charge in [0.1, 0.15) is 0 Å². The summed E-state index contributed by atoms with van der Waals surface area (Å²) in [6, 6.07) is 0.727. The highest BCUT2D eigenvalue weighted by atomic mass is 16.5. The van der Waals surface area contributed by atoms with E-state index in [1.165, 1.54) is 12.8 Å². The molecule has 1 fully saturated rings. The summed E-state index contributed by atoms with van der Waals surface area (Å²) >= 11 is 0. The molecule has 0 saturated heterocycles. The molecule has 0 heterocycles. The molecule has 0 aromatic carbocycles. The van der Waals surface area contributed by atoms with E-state index in [2.05, 4.69) is 11.8 Å². The van der Waals surface area contributed by atoms with Crippen molar-refractivity contribution >= 4 is 0 Å². The number of nitrogens with zero attached hydrogens (tertiary/aromatic N) is 1. The molecule has 1 aliphatic rings. The SMILES string of the molecule is CCOCCN(CC)C1CCC1CN. The van der Waals surface area contributed by atoms with Crippen LogP contribution in [0.15, 0.2) is 0 Å². The molecule has 1 rings (SSSR count). The fourth-order valence-electron chi connectivity index (χ4n) is 2.19. The van der Waals surface area contributed by atoms with E-state index in [0.717, 1.165) is 44.8 Å². The van der Waals surface area contributed by atoms with Crippen molar-refractivity contribution in [1.82, 2.24) is 4.90 Å². The van der Waals surface area contributed by atoms with E-state index in [0.29, 0.717) is 0 Å². The molecule has 3 heteroatoms. The zero-order valence-electron chi connectivity index (χ0n) is 9.54. The Labute approximate surface area is 87.6 Å². The van der Waals surface area contributed by atoms with Crippen molar-refractivity contribution in [3.8, 4) is 0 Å². The lowest BCUT2D eigenvalue weighted by Gasteiger charge is -2.43. The monoisotopic (exact) mass is 200 g/mol. The molecule has 2 N–H and O–H groups in total. The van der Waals surface area contributed by atoms with Gasteiger partial charge in [-0.15, -0.1) is 0 Å². The highest BCUT2D eigenvalue weighted by Crippen LogP contribution is 2.30. The molecule has 2 atom stereocenters. The fraction of sp³-hybridized carbons (Fsp3) is 1.00. The molecule has 0 aromatic heterocycles. The van der Waals surface area contributed by atoms with Crippen molar-refractivity contribution in [2.75, 3.05) is 32.8 Å². The van der Waals surface area contributed by atoms with E-state index in [-0.39, 0.29) is 0 Å². The fourth-order valence-corrected chi connectivity index (χ4v) is 2.19. The predicted molar refractivity (Wildman–Crippen MR) is 59.3 cm³/mol. The molecule has 0 amide bonds. The van der Waals surface area contributed by atoms with Gasteiger partial charge in [0.05, 0.1) is 6.61 Å². The maximum absolute atomic E-state index is 5.71. The van der Waals surface area contributed by atoms with Crippen LogP contribution in [0.1, 0.15) is 26.7 Å². The first-order valence-electron chi connectivity index (χ1n) is 5.85. The highest BCUT2D eigenvalue weighted by molar-refractivity contribution is 4.88. The van der Waals surface area contributed by atoms with Gasteiger partial charge in [0.2, 0.25) is 0 Å². The first-order chi connectivity index (χ1) is 6.83. The van der Waals surface area contributed by atoms with Gasteiger partial charge in [-0.3, -0.25) is 4.90 Å². The summed E-state index contributed by atoms with van der Waals surface area (Å²) in [5.74, 6) is 0.733. The quantitative estimate of drug-likeness (QED) is 0.625. The van der Waals surface area contributed by atoms with Gasteiger partial charge in [-0.1, -0.05) is 6.92 Å². The standard InChI is InChI=1S/C11H24N2O/c1-3-13(7-8-14-4-2)11-6-5-10(11)9-12/h10-11H,3-9,12H2,1-2H3. The van der Waals surface area contributed by atoms with Crippen LogP contribution in [0.3, 0.4) is 0 Å². The Kier molecular flexibility index (Phi) is 5.45. The second-order valence-corrected chi connectivity index (χ2v) is 3.97. The lowest BCUT2D eigenvalue weighted by molar-refractivity contribution is 0.0388. The van der Waals surface area contributed by atoms with Crippen molar-refractivity contribution in [1.29, 1.82) is 0 Å². The molecular formula is C11H24N2O. The molecule has 1 saturated carbocycles. The van der Waals surface area contributed by atoms with Crippen LogP contribution in [0.25, 0.3) is 0 Å². The van der Waals surface area contributed by atoms with Gasteiger partial charge in [0.15, 0.2) is 0 Å². The van der Waals surface area contributed by atoms with Gasteiger partial charge in [-0.2, -0.15) is 0 Å². The average Bonchev–Trinajstić information content (AvgIpc) is 2.15. The summed E-state index contributed by atoms with van der Waals surface area (Å²) in [5.41, 5.74) is 5.71. The van der Waals surface area contributed by atoms with Crippen LogP contribution in [-0.2, 0) is 4.74 Å². The van der Waals surface area contributed by atoms with Gasteiger partial charge in [-0.05, 0) is 38.8 Å². The second kappa shape index (κ2) is 6.38. The number of hydrogen-bond donors (Lipinski definition) is 1. The lowest BCUT2D eigenvalue weighted by atomic mass is 9.78. The molecule has 14 heavy (non-hydrogen) atoms. The molecule has 3 nitrogen and oxygen atoms in total. The lowest BCUT2D eigenvalue weighted by Crippen LogP contribution is -2.50. The minimum absolute atomic E-state index is 0.727. The zero-order chi connectivity index (χ0) is 10.4. The van der Waals surface area contributed by atoms with Crippen LogP contribution in [0, 0.1) is 5.92 Å². The first kappa shape index (κ1) is 12.0. The van der Waals surface area contributed by atoms with E-state index in [1.807, 2.05) is 6.92 Å². The Bertz CT molecular complexity index is 150. The first-order valence-corrected chi connectivity index (χ1v) is 5.85. The molecule has 0 spiro atoms. The second-order valence-electron chi connectivity index (χ2n) is 3.97. The van der Waals surface area contributed by atoms with Crippen molar-refractivity contribution in [3.05, 3.63) is 0 Å². The van der Waals surface area contributed by atoms with E-state index >= 15 is 0 Å². The number of ether oxygens (including phenoxy) is 1. The van der Waals surface area contributed by atoms with Crippen LogP contribution < -0.4 is 5.73 Å². The molecule has 0 aromatic rings. The number of hydrogen-bond acceptors (Lipinski definition) is 3. The molecule has 0 radical (unpaired) electrons. The molecule has 0 bridgehead atoms. The number of likely N-dealkylation sites (N-methyl/N-ethyl adjacent to an activating group) is 1. The van der Waals surface area contributed by atoms with Crippen molar-refractivity contribution in [2.45, 2.75) is 32.7 Å². The number of nitrogens with two attached hydrogens (primary N) is 1. The molecule has 1 aliphatic carbocycles. The Morgan fingerprint density at radius 1 is 1.36 bits per heavy atom. The van der Waals surface area contributed by atoms with Crippen LogP contribution in [0.5, 0.6) is 0 Å². The summed E-state index contributed by atoms with van der Waals surface area (Å²) in [6.07, 6.45) is 2.63. The minimum atomic E-state index is 0.727. The van der Waals surface area contributed by atoms with Crippen molar-refractivity contribution < 1.29 is 4.74 Å². The van der Waals surface area contributed by atoms with E-state index < -0.39 is 0 Å². The van der Waals surface area contributed by atoms with E-state index in [4.69, 9.17) is 10.5 Å². The third-order valence-electron chi connectivity index (χ3n) is 3.28. The van der Waals surface area contributed by atoms with E-state index in [1.54, 1.807) is 0 Å². The van der Waals surface area contributed by atoms with E-state index in [9.17, 15) is 0 Å². The smallest absolute Gasteiger partial charge is 0.0593 e. The average molecular weight is 200 g/mol. The summed E-state index contributed by atoms with van der Waals surface area (Å²) in [7, 11) is 0. The Morgan fingerprint density at radius 3 is 2.57 bits per heavy atom. The normalized spacial score (nSPS) is 26.6. The third-order valence-corrected chi connectivity index (χ3v) is 3.28. The Balaban J connectivity index is 2.23. The highest BCUT2D eigenvalue weighted by Gasteiger charge is 2.33. The summed E-state index contributed by atoms with van der Waals surface area (Å²) in [6.45, 7) is 8.97. The molecular weight excluding hydrogens is 176 g/mol. The maximum Gasteiger partial charge on any atom is 0.0593 e. The predicted octanol–water partition coefficient (Wildman–Crippen LogP) is 1.08. The summed E-state index contributed by atoms with van der Waals surface area (Å²) < 4.78 is 5.38. The largest absolute Gasteiger partial charge is 0.380 e. The van der Waals surface area contributed by atoms with Crippen LogP contribution in [-0.4, -0.2) is 43.8 Å². The molecule has 0 aliphatic heterocycles. The minimum Gasteiger partial charge on any atom is -0.380 e. The van der Waals surface area contributed by atoms with Gasteiger partial charge in [0, 0.05) is 19.2 Å². The zero-order valence-corrected chi connectivity index (χ0v) is 9.54. The van der Waals surface area contributed by atoms with Crippen LogP contribution >= 0.6 is 0 Å². The van der Waals surface area contributed by atoms with Crippen LogP contribution in [0.2, 0.25) is 0 Å². The molecule has 84 valence electrons. The maximum atomic E-state index is 5.71. The van der Waals surface area contributed by atoms with Gasteiger partial charge >= 0.3 is 0 Å². The Morgan fingerprint density at radius 2 is 2.14 bits per heavy atom. The van der Waals surface area contributed by atoms with Crippen LogP contribution in [0.4, 0.5) is 0 Å². The Hall–Kier alpha value is -0.120.